The van der Waals surface area contributed by atoms with Crippen LogP contribution in [0.2, 0.25) is 0 Å². The van der Waals surface area contributed by atoms with Crippen molar-refractivity contribution in [3.63, 3.8) is 0 Å². The molecule has 2 heterocycles. The molecule has 3 rings (SSSR count). The molecule has 1 aromatic carbocycles. The monoisotopic (exact) mass is 433 g/mol. The van der Waals surface area contributed by atoms with Gasteiger partial charge in [-0.15, -0.1) is 0 Å². The average molecular weight is 433 g/mol. The minimum absolute atomic E-state index is 0.0109. The lowest BCUT2D eigenvalue weighted by atomic mass is 9.96. The van der Waals surface area contributed by atoms with E-state index in [0.29, 0.717) is 31.7 Å². The van der Waals surface area contributed by atoms with Gasteiger partial charge in [-0.2, -0.15) is 18.3 Å². The number of carbonyl (C=O) groups is 2. The van der Waals surface area contributed by atoms with Crippen molar-refractivity contribution in [3.8, 4) is 0 Å². The highest BCUT2D eigenvalue weighted by atomic mass is 19.4. The summed E-state index contributed by atoms with van der Waals surface area (Å²) >= 11 is 0. The number of allylic oxidation sites excluding steroid dienone is 1. The van der Waals surface area contributed by atoms with Gasteiger partial charge in [-0.1, -0.05) is 12.7 Å². The lowest BCUT2D eigenvalue weighted by Crippen LogP contribution is -2.38. The normalized spacial score (nSPS) is 16.2. The molecule has 164 valence electrons. The Bertz CT molecular complexity index is 995. The maximum Gasteiger partial charge on any atom is 0.416 e. The number of rotatable bonds is 7. The lowest BCUT2D eigenvalue weighted by molar-refractivity contribution is -0.137. The van der Waals surface area contributed by atoms with Crippen LogP contribution in [0.25, 0.3) is 0 Å². The van der Waals surface area contributed by atoms with E-state index in [1.807, 2.05) is 4.90 Å². The van der Waals surface area contributed by atoms with Crippen LogP contribution in [0.15, 0.2) is 55.3 Å². The second-order valence-corrected chi connectivity index (χ2v) is 7.16. The number of benzene rings is 1. The van der Waals surface area contributed by atoms with Crippen LogP contribution in [-0.4, -0.2) is 34.7 Å². The fourth-order valence-corrected chi connectivity index (χ4v) is 3.42. The first kappa shape index (κ1) is 22.1. The first-order valence-electron chi connectivity index (χ1n) is 9.54. The molecule has 0 aliphatic carbocycles. The molecule has 1 aliphatic heterocycles. The summed E-state index contributed by atoms with van der Waals surface area (Å²) in [5, 5.41) is 7.29. The van der Waals surface area contributed by atoms with Gasteiger partial charge in [0.15, 0.2) is 0 Å². The maximum absolute atomic E-state index is 12.9. The largest absolute Gasteiger partial charge is 0.416 e. The van der Waals surface area contributed by atoms with Gasteiger partial charge in [0.2, 0.25) is 11.8 Å². The van der Waals surface area contributed by atoms with Crippen molar-refractivity contribution in [1.29, 1.82) is 0 Å². The molecular formula is C21H22F3N5O2. The lowest BCUT2D eigenvalue weighted by Gasteiger charge is -2.33. The molecule has 7 nitrogen and oxygen atoms in total. The van der Waals surface area contributed by atoms with Crippen LogP contribution in [0, 0.1) is 5.92 Å². The molecule has 10 heteroatoms. The highest BCUT2D eigenvalue weighted by Crippen LogP contribution is 2.36. The third-order valence-electron chi connectivity index (χ3n) is 4.86. The minimum Gasteiger partial charge on any atom is -0.366 e. The molecule has 0 fully saturated rings. The van der Waals surface area contributed by atoms with Gasteiger partial charge in [0.25, 0.3) is 0 Å². The van der Waals surface area contributed by atoms with E-state index in [-0.39, 0.29) is 11.8 Å². The van der Waals surface area contributed by atoms with Gasteiger partial charge < -0.3 is 16.0 Å². The van der Waals surface area contributed by atoms with Crippen LogP contribution in [-0.2, 0) is 28.7 Å². The van der Waals surface area contributed by atoms with E-state index in [0.717, 1.165) is 23.5 Å². The summed E-state index contributed by atoms with van der Waals surface area (Å²) in [5.74, 6) is -0.876. The van der Waals surface area contributed by atoms with Gasteiger partial charge in [-0.25, -0.2) is 0 Å². The van der Waals surface area contributed by atoms with E-state index < -0.39 is 17.6 Å². The molecule has 1 aromatic heterocycles. The number of amides is 2. The van der Waals surface area contributed by atoms with Crippen LogP contribution in [0.5, 0.6) is 0 Å². The third-order valence-corrected chi connectivity index (χ3v) is 4.86. The molecule has 0 saturated heterocycles. The topological polar surface area (TPSA) is 93.2 Å². The Morgan fingerprint density at radius 1 is 1.29 bits per heavy atom. The van der Waals surface area contributed by atoms with E-state index in [1.54, 1.807) is 17.0 Å². The Hall–Kier alpha value is -3.56. The molecule has 0 spiro atoms. The van der Waals surface area contributed by atoms with Gasteiger partial charge in [-0.05, 0) is 42.7 Å². The molecule has 3 N–H and O–H groups in total. The van der Waals surface area contributed by atoms with Crippen molar-refractivity contribution in [2.24, 2.45) is 11.7 Å². The number of fused-ring (bicyclic) bond motifs is 1. The second kappa shape index (κ2) is 9.07. The molecule has 1 aliphatic rings. The first-order valence-corrected chi connectivity index (χ1v) is 9.54. The number of alkyl halides is 3. The Morgan fingerprint density at radius 3 is 2.61 bits per heavy atom. The van der Waals surface area contributed by atoms with Gasteiger partial charge in [0, 0.05) is 31.0 Å². The number of nitrogens with two attached hydrogens (primary N) is 1. The summed E-state index contributed by atoms with van der Waals surface area (Å²) in [4.78, 5) is 24.3. The van der Waals surface area contributed by atoms with Crippen molar-refractivity contribution in [2.45, 2.75) is 19.1 Å². The number of hydrogen-bond acceptors (Lipinski definition) is 4. The number of nitrogens with one attached hydrogen (secondary N) is 1. The van der Waals surface area contributed by atoms with E-state index in [9.17, 15) is 22.8 Å². The highest BCUT2D eigenvalue weighted by Gasteiger charge is 2.32. The predicted molar refractivity (Wildman–Crippen MR) is 109 cm³/mol. The van der Waals surface area contributed by atoms with Crippen molar-refractivity contribution in [1.82, 2.24) is 15.1 Å². The summed E-state index contributed by atoms with van der Waals surface area (Å²) in [6.45, 7) is 4.60. The highest BCUT2D eigenvalue weighted by molar-refractivity contribution is 5.86. The van der Waals surface area contributed by atoms with Gasteiger partial charge in [0.1, 0.15) is 0 Å². The standard InChI is InChI=1S/C21H22F3N5O2/c1-2-20(31)26-11-14-10-17-18(13-28(27-17)9-3-4-19(25)30)29(12-14)16-7-5-15(6-8-16)21(22,23)24/h2-8,13-14H,1,9-12H2,(H2,25,30)(H,26,31). The summed E-state index contributed by atoms with van der Waals surface area (Å²) in [5.41, 5.74) is 6.46. The van der Waals surface area contributed by atoms with Gasteiger partial charge in [-0.3, -0.25) is 14.3 Å². The zero-order valence-corrected chi connectivity index (χ0v) is 16.6. The number of aromatic nitrogens is 2. The fraction of sp³-hybridized carbons (Fsp3) is 0.286. The summed E-state index contributed by atoms with van der Waals surface area (Å²) in [6.07, 6.45) is 1.93. The minimum atomic E-state index is -4.42. The smallest absolute Gasteiger partial charge is 0.366 e. The second-order valence-electron chi connectivity index (χ2n) is 7.16. The van der Waals surface area contributed by atoms with Crippen molar-refractivity contribution in [2.75, 3.05) is 18.0 Å². The van der Waals surface area contributed by atoms with Gasteiger partial charge >= 0.3 is 6.18 Å². The van der Waals surface area contributed by atoms with Crippen LogP contribution in [0.3, 0.4) is 0 Å². The molecule has 2 amide bonds. The fourth-order valence-electron chi connectivity index (χ4n) is 3.42. The predicted octanol–water partition coefficient (Wildman–Crippen LogP) is 2.56. The summed E-state index contributed by atoms with van der Waals surface area (Å²) in [6, 6.07) is 4.92. The van der Waals surface area contributed by atoms with Crippen LogP contribution in [0.4, 0.5) is 24.5 Å². The number of carbonyl (C=O) groups excluding carboxylic acids is 2. The van der Waals surface area contributed by atoms with Crippen molar-refractivity contribution >= 4 is 23.2 Å². The number of halogens is 3. The van der Waals surface area contributed by atoms with Crippen molar-refractivity contribution < 1.29 is 22.8 Å². The quantitative estimate of drug-likeness (QED) is 0.657. The number of nitrogens with zero attached hydrogens (tertiary/aromatic N) is 3. The maximum atomic E-state index is 12.9. The summed E-state index contributed by atoms with van der Waals surface area (Å²) < 4.78 is 40.4. The molecule has 0 bridgehead atoms. The SMILES string of the molecule is C=CC(=O)NCC1Cc2nn(CC=CC(N)=O)cc2N(c2ccc(C(F)(F)F)cc2)C1. The Morgan fingerprint density at radius 2 is 2.00 bits per heavy atom. The van der Waals surface area contributed by atoms with E-state index in [2.05, 4.69) is 17.0 Å². The molecule has 0 radical (unpaired) electrons. The first-order chi connectivity index (χ1) is 14.7. The van der Waals surface area contributed by atoms with Crippen LogP contribution in [0.1, 0.15) is 11.3 Å². The Balaban J connectivity index is 1.89. The Labute approximate surface area is 177 Å². The van der Waals surface area contributed by atoms with Crippen LogP contribution < -0.4 is 16.0 Å². The molecule has 1 atom stereocenters. The number of primary amides is 1. The van der Waals surface area contributed by atoms with E-state index >= 15 is 0 Å². The van der Waals surface area contributed by atoms with Crippen molar-refractivity contribution in [3.05, 3.63) is 66.5 Å². The molecule has 0 saturated carbocycles. The Kier molecular flexibility index (Phi) is 6.47. The molecule has 1 unspecified atom stereocenters. The van der Waals surface area contributed by atoms with E-state index in [1.165, 1.54) is 24.3 Å². The third kappa shape index (κ3) is 5.53. The average Bonchev–Trinajstić information content (AvgIpc) is 3.13. The van der Waals surface area contributed by atoms with Gasteiger partial charge in [0.05, 0.1) is 23.5 Å². The summed E-state index contributed by atoms with van der Waals surface area (Å²) in [7, 11) is 0. The number of anilines is 2. The number of hydrogen-bond donors (Lipinski definition) is 2. The molecular weight excluding hydrogens is 411 g/mol. The van der Waals surface area contributed by atoms with Crippen LogP contribution >= 0.6 is 0 Å². The molecule has 31 heavy (non-hydrogen) atoms. The van der Waals surface area contributed by atoms with E-state index in [4.69, 9.17) is 5.73 Å². The zero-order valence-electron chi connectivity index (χ0n) is 16.6. The molecule has 2 aromatic rings. The zero-order chi connectivity index (χ0) is 22.6.